The quantitative estimate of drug-likeness (QED) is 0.316. The van der Waals surface area contributed by atoms with Crippen molar-refractivity contribution < 1.29 is 0 Å². The molecule has 1 aromatic rings. The summed E-state index contributed by atoms with van der Waals surface area (Å²) >= 11 is 5.11. The third kappa shape index (κ3) is 7.35. The smallest absolute Gasteiger partial charge is 0.194 e. The van der Waals surface area contributed by atoms with Crippen LogP contribution in [0, 0.1) is 0 Å². The molecule has 0 aliphatic heterocycles. The molecule has 6 heteroatoms. The zero-order valence-electron chi connectivity index (χ0n) is 11.2. The predicted molar refractivity (Wildman–Crippen MR) is 83.1 cm³/mol. The van der Waals surface area contributed by atoms with E-state index < -0.39 is 0 Å². The van der Waals surface area contributed by atoms with Crippen LogP contribution in [0.4, 0.5) is 0 Å². The van der Waals surface area contributed by atoms with E-state index in [-0.39, 0.29) is 0 Å². The van der Waals surface area contributed by atoms with Gasteiger partial charge in [-0.25, -0.2) is 0 Å². The van der Waals surface area contributed by atoms with Crippen LogP contribution in [0.3, 0.4) is 0 Å². The van der Waals surface area contributed by atoms with Crippen LogP contribution in [0.15, 0.2) is 29.4 Å². The van der Waals surface area contributed by atoms with Gasteiger partial charge in [0.2, 0.25) is 0 Å². The van der Waals surface area contributed by atoms with E-state index in [9.17, 15) is 0 Å². The summed E-state index contributed by atoms with van der Waals surface area (Å²) in [5.74, 6) is 0.365. The molecule has 4 N–H and O–H groups in total. The number of guanidine groups is 1. The molecule has 0 aliphatic carbocycles. The van der Waals surface area contributed by atoms with Crippen molar-refractivity contribution >= 4 is 23.3 Å². The minimum absolute atomic E-state index is 0.365. The Labute approximate surface area is 119 Å². The summed E-state index contributed by atoms with van der Waals surface area (Å²) in [5, 5.41) is 6.45. The number of nitrogens with one attached hydrogen (secondary N) is 2. The van der Waals surface area contributed by atoms with Gasteiger partial charge in [0.05, 0.1) is 0 Å². The molecule has 0 spiro atoms. The molecule has 0 unspecified atom stereocenters. The molecule has 5 nitrogen and oxygen atoms in total. The SMILES string of the molecule is CCCN=C(N)NC(=S)NCCCc1ccccn1. The van der Waals surface area contributed by atoms with Gasteiger partial charge in [0.15, 0.2) is 11.1 Å². The van der Waals surface area contributed by atoms with Crippen LogP contribution in [-0.4, -0.2) is 29.1 Å². The Balaban J connectivity index is 2.14. The zero-order chi connectivity index (χ0) is 13.9. The molecule has 0 saturated heterocycles. The highest BCUT2D eigenvalue weighted by atomic mass is 32.1. The fourth-order valence-corrected chi connectivity index (χ4v) is 1.66. The van der Waals surface area contributed by atoms with Crippen molar-refractivity contribution in [2.75, 3.05) is 13.1 Å². The first-order chi connectivity index (χ1) is 9.22. The number of nitrogens with zero attached hydrogens (tertiary/aromatic N) is 2. The summed E-state index contributed by atoms with van der Waals surface area (Å²) in [6.45, 7) is 3.54. The number of aromatic nitrogens is 1. The summed E-state index contributed by atoms with van der Waals surface area (Å²) in [7, 11) is 0. The predicted octanol–water partition coefficient (Wildman–Crippen LogP) is 1.20. The molecule has 104 valence electrons. The van der Waals surface area contributed by atoms with Crippen molar-refractivity contribution in [3.8, 4) is 0 Å². The molecule has 1 heterocycles. The normalized spacial score (nSPS) is 11.1. The van der Waals surface area contributed by atoms with E-state index in [2.05, 4.69) is 20.6 Å². The fourth-order valence-electron chi connectivity index (χ4n) is 1.45. The molecular formula is C13H21N5S. The molecule has 19 heavy (non-hydrogen) atoms. The van der Waals surface area contributed by atoms with Gasteiger partial charge in [0, 0.05) is 25.0 Å². The molecule has 0 aliphatic rings. The van der Waals surface area contributed by atoms with Gasteiger partial charge < -0.3 is 16.4 Å². The van der Waals surface area contributed by atoms with Crippen LogP contribution in [0.2, 0.25) is 0 Å². The van der Waals surface area contributed by atoms with Gasteiger partial charge in [-0.1, -0.05) is 13.0 Å². The van der Waals surface area contributed by atoms with Crippen LogP contribution < -0.4 is 16.4 Å². The van der Waals surface area contributed by atoms with Crippen molar-refractivity contribution in [2.24, 2.45) is 10.7 Å². The lowest BCUT2D eigenvalue weighted by molar-refractivity contribution is 0.757. The Morgan fingerprint density at radius 3 is 3.00 bits per heavy atom. The number of hydrogen-bond donors (Lipinski definition) is 3. The van der Waals surface area contributed by atoms with Gasteiger partial charge in [-0.2, -0.15) is 0 Å². The molecule has 1 aromatic heterocycles. The molecule has 1 rings (SSSR count). The van der Waals surface area contributed by atoms with Crippen molar-refractivity contribution in [2.45, 2.75) is 26.2 Å². The maximum atomic E-state index is 5.66. The van der Waals surface area contributed by atoms with Crippen LogP contribution in [0.5, 0.6) is 0 Å². The molecular weight excluding hydrogens is 258 g/mol. The Morgan fingerprint density at radius 1 is 1.47 bits per heavy atom. The summed E-state index contributed by atoms with van der Waals surface area (Å²) in [6, 6.07) is 5.93. The van der Waals surface area contributed by atoms with Crippen LogP contribution in [0.25, 0.3) is 0 Å². The molecule has 0 aromatic carbocycles. The Morgan fingerprint density at radius 2 is 2.32 bits per heavy atom. The second-order valence-corrected chi connectivity index (χ2v) is 4.48. The van der Waals surface area contributed by atoms with Gasteiger partial charge in [-0.3, -0.25) is 9.98 Å². The van der Waals surface area contributed by atoms with E-state index in [0.717, 1.165) is 31.5 Å². The largest absolute Gasteiger partial charge is 0.370 e. The standard InChI is InChI=1S/C13H21N5S/c1-2-8-16-12(14)18-13(19)17-10-5-7-11-6-3-4-9-15-11/h3-4,6,9H,2,5,7-8,10H2,1H3,(H4,14,16,17,18,19). The summed E-state index contributed by atoms with van der Waals surface area (Å²) in [4.78, 5) is 8.37. The third-order valence-corrected chi connectivity index (χ3v) is 2.62. The second-order valence-electron chi connectivity index (χ2n) is 4.07. The van der Waals surface area contributed by atoms with E-state index in [0.29, 0.717) is 17.6 Å². The van der Waals surface area contributed by atoms with Crippen LogP contribution in [-0.2, 0) is 6.42 Å². The number of aliphatic imine (C=N–C) groups is 1. The lowest BCUT2D eigenvalue weighted by Gasteiger charge is -2.09. The first-order valence-electron chi connectivity index (χ1n) is 6.47. The van der Waals surface area contributed by atoms with E-state index in [1.54, 1.807) is 6.20 Å². The first kappa shape index (κ1) is 15.4. The van der Waals surface area contributed by atoms with E-state index in [1.165, 1.54) is 0 Å². The summed E-state index contributed by atoms with van der Waals surface area (Å²) < 4.78 is 0. The highest BCUT2D eigenvalue weighted by Crippen LogP contribution is 1.96. The van der Waals surface area contributed by atoms with Crippen molar-refractivity contribution in [1.29, 1.82) is 0 Å². The van der Waals surface area contributed by atoms with Gasteiger partial charge in [0.1, 0.15) is 0 Å². The minimum atomic E-state index is 0.365. The van der Waals surface area contributed by atoms with Crippen molar-refractivity contribution in [3.63, 3.8) is 0 Å². The molecule has 0 saturated carbocycles. The molecule has 0 amide bonds. The first-order valence-corrected chi connectivity index (χ1v) is 6.88. The van der Waals surface area contributed by atoms with Crippen LogP contribution >= 0.6 is 12.2 Å². The van der Waals surface area contributed by atoms with Gasteiger partial charge in [-0.15, -0.1) is 0 Å². The zero-order valence-corrected chi connectivity index (χ0v) is 12.0. The number of rotatable bonds is 6. The Kier molecular flexibility index (Phi) is 7.50. The average Bonchev–Trinajstić information content (AvgIpc) is 2.42. The topological polar surface area (TPSA) is 75.3 Å². The number of nitrogens with two attached hydrogens (primary N) is 1. The highest BCUT2D eigenvalue weighted by Gasteiger charge is 1.98. The van der Waals surface area contributed by atoms with E-state index in [1.807, 2.05) is 25.1 Å². The maximum absolute atomic E-state index is 5.66. The Bertz CT molecular complexity index is 405. The highest BCUT2D eigenvalue weighted by molar-refractivity contribution is 7.80. The molecule has 0 bridgehead atoms. The van der Waals surface area contributed by atoms with Crippen molar-refractivity contribution in [3.05, 3.63) is 30.1 Å². The van der Waals surface area contributed by atoms with Crippen LogP contribution in [0.1, 0.15) is 25.5 Å². The van der Waals surface area contributed by atoms with Gasteiger partial charge in [-0.05, 0) is 43.6 Å². The second kappa shape index (κ2) is 9.27. The number of hydrogen-bond acceptors (Lipinski definition) is 3. The maximum Gasteiger partial charge on any atom is 0.194 e. The van der Waals surface area contributed by atoms with E-state index >= 15 is 0 Å². The Hall–Kier alpha value is -1.69. The van der Waals surface area contributed by atoms with Gasteiger partial charge in [0.25, 0.3) is 0 Å². The molecule has 0 atom stereocenters. The monoisotopic (exact) mass is 279 g/mol. The fraction of sp³-hybridized carbons (Fsp3) is 0.462. The minimum Gasteiger partial charge on any atom is -0.370 e. The summed E-state index contributed by atoms with van der Waals surface area (Å²) in [5.41, 5.74) is 6.75. The average molecular weight is 279 g/mol. The van der Waals surface area contributed by atoms with Gasteiger partial charge >= 0.3 is 0 Å². The number of thiocarbonyl (C=S) groups is 1. The number of pyridine rings is 1. The van der Waals surface area contributed by atoms with Crippen molar-refractivity contribution in [1.82, 2.24) is 15.6 Å². The lowest BCUT2D eigenvalue weighted by atomic mass is 10.2. The lowest BCUT2D eigenvalue weighted by Crippen LogP contribution is -2.43. The molecule has 0 radical (unpaired) electrons. The molecule has 0 fully saturated rings. The third-order valence-electron chi connectivity index (χ3n) is 2.37. The summed E-state index contributed by atoms with van der Waals surface area (Å²) in [6.07, 6.45) is 4.66. The van der Waals surface area contributed by atoms with E-state index in [4.69, 9.17) is 18.0 Å². The number of aryl methyl sites for hydroxylation is 1.